The number of nitrogens with one attached hydrogen (secondary N) is 1. The summed E-state index contributed by atoms with van der Waals surface area (Å²) >= 11 is 0. The van der Waals surface area contributed by atoms with Crippen molar-refractivity contribution in [3.05, 3.63) is 52.3 Å². The van der Waals surface area contributed by atoms with Gasteiger partial charge < -0.3 is 14.8 Å². The molecular weight excluding hydrogens is 274 g/mol. The van der Waals surface area contributed by atoms with Gasteiger partial charge in [-0.1, -0.05) is 18.2 Å². The van der Waals surface area contributed by atoms with Crippen molar-refractivity contribution in [1.29, 1.82) is 0 Å². The third kappa shape index (κ3) is 5.10. The van der Waals surface area contributed by atoms with Crippen LogP contribution in [-0.2, 0) is 19.1 Å². The lowest BCUT2D eigenvalue weighted by Gasteiger charge is -2.07. The van der Waals surface area contributed by atoms with E-state index in [0.717, 1.165) is 6.20 Å². The summed E-state index contributed by atoms with van der Waals surface area (Å²) in [5.74, 6) is -1.62. The van der Waals surface area contributed by atoms with Crippen LogP contribution < -0.4 is 10.7 Å². The van der Waals surface area contributed by atoms with Gasteiger partial charge in [-0.15, -0.1) is 0 Å². The van der Waals surface area contributed by atoms with Crippen molar-refractivity contribution >= 4 is 17.6 Å². The first kappa shape index (κ1) is 16.4. The zero-order chi connectivity index (χ0) is 15.7. The molecule has 21 heavy (non-hydrogen) atoms. The molecule has 6 nitrogen and oxygen atoms in total. The second-order valence-electron chi connectivity index (χ2n) is 3.83. The molecule has 0 radical (unpaired) electrons. The number of rotatable bonds is 6. The van der Waals surface area contributed by atoms with E-state index in [0.29, 0.717) is 0 Å². The topological polar surface area (TPSA) is 81.7 Å². The van der Waals surface area contributed by atoms with Gasteiger partial charge in [0.25, 0.3) is 0 Å². The van der Waals surface area contributed by atoms with Crippen molar-refractivity contribution in [2.75, 3.05) is 18.5 Å². The Kier molecular flexibility index (Phi) is 6.67. The van der Waals surface area contributed by atoms with E-state index in [1.165, 1.54) is 12.1 Å². The van der Waals surface area contributed by atoms with Gasteiger partial charge in [0.2, 0.25) is 5.43 Å². The Morgan fingerprint density at radius 2 is 1.62 bits per heavy atom. The SMILES string of the molecule is CCOC(=O)C(=CNc1cccccc1=O)C(=O)OCC. The fraction of sp³-hybridized carbons (Fsp3) is 0.267. The highest BCUT2D eigenvalue weighted by atomic mass is 16.6. The Hall–Kier alpha value is -2.63. The molecule has 1 aromatic carbocycles. The van der Waals surface area contributed by atoms with Crippen LogP contribution in [0.25, 0.3) is 0 Å². The third-order valence-electron chi connectivity index (χ3n) is 2.36. The van der Waals surface area contributed by atoms with Crippen LogP contribution in [0.2, 0.25) is 0 Å². The van der Waals surface area contributed by atoms with Gasteiger partial charge in [-0.25, -0.2) is 9.59 Å². The van der Waals surface area contributed by atoms with Gasteiger partial charge in [0.1, 0.15) is 0 Å². The molecule has 0 aliphatic heterocycles. The summed E-state index contributed by atoms with van der Waals surface area (Å²) in [6, 6.07) is 7.84. The summed E-state index contributed by atoms with van der Waals surface area (Å²) in [5, 5.41) is 2.64. The maximum absolute atomic E-state index is 11.7. The molecule has 0 unspecified atom stereocenters. The molecule has 0 saturated carbocycles. The number of anilines is 1. The largest absolute Gasteiger partial charge is 0.462 e. The predicted molar refractivity (Wildman–Crippen MR) is 77.7 cm³/mol. The zero-order valence-electron chi connectivity index (χ0n) is 11.9. The molecule has 6 heteroatoms. The first-order valence-corrected chi connectivity index (χ1v) is 6.50. The standard InChI is InChI=1S/C15H17NO5/c1-3-20-14(18)11(15(19)21-4-2)10-16-12-8-6-5-7-9-13(12)17/h5-10H,3-4H2,1-2H3,(H,16,17). The summed E-state index contributed by atoms with van der Waals surface area (Å²) in [6.45, 7) is 3.51. The zero-order valence-corrected chi connectivity index (χ0v) is 11.9. The number of hydrogen-bond acceptors (Lipinski definition) is 6. The minimum absolute atomic E-state index is 0.128. The Labute approximate surface area is 122 Å². The number of esters is 2. The van der Waals surface area contributed by atoms with Gasteiger partial charge in [-0.3, -0.25) is 4.79 Å². The summed E-state index contributed by atoms with van der Waals surface area (Å²) in [6.07, 6.45) is 1.12. The van der Waals surface area contributed by atoms with Crippen molar-refractivity contribution < 1.29 is 19.1 Å². The Morgan fingerprint density at radius 3 is 2.19 bits per heavy atom. The van der Waals surface area contributed by atoms with Crippen molar-refractivity contribution in [2.45, 2.75) is 13.8 Å². The van der Waals surface area contributed by atoms with Crippen molar-refractivity contribution in [2.24, 2.45) is 0 Å². The highest BCUT2D eigenvalue weighted by Crippen LogP contribution is 2.05. The maximum atomic E-state index is 11.7. The molecule has 1 N–H and O–H groups in total. The minimum Gasteiger partial charge on any atom is -0.462 e. The monoisotopic (exact) mass is 291 g/mol. The highest BCUT2D eigenvalue weighted by Gasteiger charge is 2.20. The lowest BCUT2D eigenvalue weighted by atomic mass is 10.3. The van der Waals surface area contributed by atoms with Gasteiger partial charge >= 0.3 is 11.9 Å². The van der Waals surface area contributed by atoms with Crippen LogP contribution in [0.15, 0.2) is 46.9 Å². The number of ether oxygens (including phenoxy) is 2. The van der Waals surface area contributed by atoms with E-state index in [4.69, 9.17) is 9.47 Å². The summed E-state index contributed by atoms with van der Waals surface area (Å²) in [7, 11) is 0. The second-order valence-corrected chi connectivity index (χ2v) is 3.83. The fourth-order valence-electron chi connectivity index (χ4n) is 1.42. The van der Waals surface area contributed by atoms with Crippen LogP contribution in [-0.4, -0.2) is 25.2 Å². The second kappa shape index (κ2) is 8.52. The van der Waals surface area contributed by atoms with E-state index in [-0.39, 0.29) is 29.9 Å². The molecule has 0 fully saturated rings. The van der Waals surface area contributed by atoms with E-state index in [9.17, 15) is 14.4 Å². The van der Waals surface area contributed by atoms with E-state index in [1.54, 1.807) is 32.0 Å². The first-order valence-electron chi connectivity index (χ1n) is 6.50. The van der Waals surface area contributed by atoms with Crippen LogP contribution in [0.3, 0.4) is 0 Å². The lowest BCUT2D eigenvalue weighted by Crippen LogP contribution is -2.20. The Balaban J connectivity index is 3.03. The van der Waals surface area contributed by atoms with Crippen LogP contribution >= 0.6 is 0 Å². The molecule has 112 valence electrons. The summed E-state index contributed by atoms with van der Waals surface area (Å²) in [5.41, 5.74) is -0.348. The molecule has 0 heterocycles. The first-order chi connectivity index (χ1) is 10.1. The number of carbonyl (C=O) groups is 2. The molecule has 0 saturated heterocycles. The molecule has 0 spiro atoms. The van der Waals surface area contributed by atoms with Gasteiger partial charge in [0, 0.05) is 6.20 Å². The van der Waals surface area contributed by atoms with Crippen LogP contribution in [0.1, 0.15) is 13.8 Å². The lowest BCUT2D eigenvalue weighted by molar-refractivity contribution is -0.146. The maximum Gasteiger partial charge on any atom is 0.347 e. The minimum atomic E-state index is -0.809. The molecule has 1 aromatic rings. The van der Waals surface area contributed by atoms with E-state index in [2.05, 4.69) is 5.32 Å². The van der Waals surface area contributed by atoms with Gasteiger partial charge in [0.05, 0.1) is 18.9 Å². The molecule has 0 atom stereocenters. The van der Waals surface area contributed by atoms with Crippen molar-refractivity contribution in [3.63, 3.8) is 0 Å². The summed E-state index contributed by atoms with van der Waals surface area (Å²) in [4.78, 5) is 35.1. The average molecular weight is 291 g/mol. The number of carbonyl (C=O) groups excluding carboxylic acids is 2. The fourth-order valence-corrected chi connectivity index (χ4v) is 1.42. The van der Waals surface area contributed by atoms with Gasteiger partial charge in [0.15, 0.2) is 5.57 Å². The van der Waals surface area contributed by atoms with Crippen LogP contribution in [0.4, 0.5) is 5.69 Å². The Morgan fingerprint density at radius 1 is 1.05 bits per heavy atom. The number of hydrogen-bond donors (Lipinski definition) is 1. The van der Waals surface area contributed by atoms with E-state index >= 15 is 0 Å². The van der Waals surface area contributed by atoms with E-state index < -0.39 is 11.9 Å². The normalized spacial score (nSPS) is 9.43. The molecule has 1 rings (SSSR count). The molecule has 0 aliphatic carbocycles. The molecule has 0 amide bonds. The molecule has 0 aromatic heterocycles. The van der Waals surface area contributed by atoms with Crippen molar-refractivity contribution in [3.8, 4) is 0 Å². The highest BCUT2D eigenvalue weighted by molar-refractivity contribution is 6.14. The quantitative estimate of drug-likeness (QED) is 0.370. The molecular formula is C15H17NO5. The van der Waals surface area contributed by atoms with Crippen molar-refractivity contribution in [1.82, 2.24) is 0 Å². The Bertz CT molecular complexity index is 575. The average Bonchev–Trinajstić information content (AvgIpc) is 2.65. The van der Waals surface area contributed by atoms with E-state index in [1.807, 2.05) is 0 Å². The van der Waals surface area contributed by atoms with Crippen LogP contribution in [0.5, 0.6) is 0 Å². The molecule has 0 aliphatic rings. The predicted octanol–water partition coefficient (Wildman–Crippen LogP) is 1.47. The van der Waals surface area contributed by atoms with Gasteiger partial charge in [-0.05, 0) is 26.0 Å². The van der Waals surface area contributed by atoms with Gasteiger partial charge in [-0.2, -0.15) is 0 Å². The smallest absolute Gasteiger partial charge is 0.347 e. The van der Waals surface area contributed by atoms with Crippen LogP contribution in [0, 0.1) is 0 Å². The third-order valence-corrected chi connectivity index (χ3v) is 2.36. The summed E-state index contributed by atoms with van der Waals surface area (Å²) < 4.78 is 9.56. The molecule has 0 bridgehead atoms.